The summed E-state index contributed by atoms with van der Waals surface area (Å²) in [6.45, 7) is 6.36. The van der Waals surface area contributed by atoms with Gasteiger partial charge in [-0.2, -0.15) is 0 Å². The van der Waals surface area contributed by atoms with Gasteiger partial charge in [0.1, 0.15) is 0 Å². The van der Waals surface area contributed by atoms with E-state index in [9.17, 15) is 4.79 Å². The molecular weight excluding hydrogens is 503 g/mol. The van der Waals surface area contributed by atoms with E-state index in [-0.39, 0.29) is 35.3 Å². The number of rotatable bonds is 3. The molecule has 3 rings (SSSR count). The zero-order valence-corrected chi connectivity index (χ0v) is 18.5. The van der Waals surface area contributed by atoms with Crippen LogP contribution in [-0.2, 0) is 11.3 Å². The van der Waals surface area contributed by atoms with Crippen LogP contribution in [-0.4, -0.2) is 42.9 Å². The lowest BCUT2D eigenvalue weighted by atomic mass is 9.79. The Morgan fingerprint density at radius 2 is 2.42 bits per heavy atom. The highest BCUT2D eigenvalue weighted by molar-refractivity contribution is 14.0. The second-order valence-corrected chi connectivity index (χ2v) is 8.70. The largest absolute Gasteiger partial charge is 0.357 e. The molecule has 1 aromatic rings. The molecule has 1 spiro atoms. The number of nitrogens with one attached hydrogen (secondary N) is 2. The first-order chi connectivity index (χ1) is 11.1. The zero-order chi connectivity index (χ0) is 16.3. The van der Waals surface area contributed by atoms with Gasteiger partial charge in [0.15, 0.2) is 5.96 Å². The number of piperidine rings is 1. The number of hydrogen-bond donors (Lipinski definition) is 2. The Hall–Kier alpha value is -0.350. The summed E-state index contributed by atoms with van der Waals surface area (Å²) < 4.78 is 1.14. The minimum absolute atomic E-state index is 0. The second-order valence-electron chi connectivity index (χ2n) is 6.41. The highest BCUT2D eigenvalue weighted by Crippen LogP contribution is 2.36. The smallest absolute Gasteiger partial charge is 0.220 e. The average Bonchev–Trinajstić information content (AvgIpc) is 3.10. The van der Waals surface area contributed by atoms with Gasteiger partial charge in [0, 0.05) is 38.0 Å². The van der Waals surface area contributed by atoms with Gasteiger partial charge in [0.05, 0.1) is 10.3 Å². The van der Waals surface area contributed by atoms with E-state index in [4.69, 9.17) is 4.99 Å². The van der Waals surface area contributed by atoms with E-state index in [1.54, 1.807) is 11.3 Å². The normalized spacial score (nSPS) is 24.0. The van der Waals surface area contributed by atoms with E-state index in [1.807, 2.05) is 0 Å². The molecule has 2 N–H and O–H groups in total. The molecule has 2 aliphatic heterocycles. The molecular formula is C16H24BrIN4OS. The van der Waals surface area contributed by atoms with Crippen LogP contribution in [0.15, 0.2) is 20.2 Å². The van der Waals surface area contributed by atoms with Crippen molar-refractivity contribution < 1.29 is 4.79 Å². The summed E-state index contributed by atoms with van der Waals surface area (Å²) in [7, 11) is 0. The molecule has 134 valence electrons. The Morgan fingerprint density at radius 3 is 3.04 bits per heavy atom. The molecule has 1 aromatic heterocycles. The molecule has 2 aliphatic rings. The van der Waals surface area contributed by atoms with Crippen LogP contribution in [0, 0.1) is 5.41 Å². The zero-order valence-electron chi connectivity index (χ0n) is 13.8. The molecule has 0 saturated carbocycles. The van der Waals surface area contributed by atoms with Crippen LogP contribution >= 0.6 is 51.2 Å². The summed E-state index contributed by atoms with van der Waals surface area (Å²) >= 11 is 5.19. The van der Waals surface area contributed by atoms with E-state index in [2.05, 4.69) is 49.8 Å². The third-order valence-corrected chi connectivity index (χ3v) is 6.08. The van der Waals surface area contributed by atoms with Crippen LogP contribution in [0.3, 0.4) is 0 Å². The second kappa shape index (κ2) is 8.84. The minimum Gasteiger partial charge on any atom is -0.357 e. The molecule has 2 fully saturated rings. The highest BCUT2D eigenvalue weighted by atomic mass is 127. The van der Waals surface area contributed by atoms with Crippen molar-refractivity contribution in [3.63, 3.8) is 0 Å². The van der Waals surface area contributed by atoms with Crippen LogP contribution in [0.1, 0.15) is 31.7 Å². The minimum atomic E-state index is 0. The number of carbonyl (C=O) groups excluding carboxylic acids is 1. The van der Waals surface area contributed by atoms with Crippen molar-refractivity contribution >= 4 is 63.1 Å². The number of guanidine groups is 1. The molecule has 3 heterocycles. The predicted molar refractivity (Wildman–Crippen MR) is 113 cm³/mol. The molecule has 24 heavy (non-hydrogen) atoms. The number of nitrogens with zero attached hydrogens (tertiary/aromatic N) is 2. The van der Waals surface area contributed by atoms with Crippen LogP contribution in [0.5, 0.6) is 0 Å². The fourth-order valence-corrected chi connectivity index (χ4v) is 4.65. The number of amides is 1. The van der Waals surface area contributed by atoms with Crippen molar-refractivity contribution in [3.05, 3.63) is 20.8 Å². The number of likely N-dealkylation sites (tertiary alicyclic amines) is 1. The van der Waals surface area contributed by atoms with Gasteiger partial charge in [0.25, 0.3) is 0 Å². The summed E-state index contributed by atoms with van der Waals surface area (Å²) in [6.07, 6.45) is 2.89. The Morgan fingerprint density at radius 1 is 1.58 bits per heavy atom. The van der Waals surface area contributed by atoms with Gasteiger partial charge >= 0.3 is 0 Å². The number of hydrogen-bond acceptors (Lipinski definition) is 3. The molecule has 2 saturated heterocycles. The summed E-state index contributed by atoms with van der Waals surface area (Å²) in [5, 5.41) is 8.54. The van der Waals surface area contributed by atoms with Crippen molar-refractivity contribution in [2.45, 2.75) is 32.7 Å². The van der Waals surface area contributed by atoms with Crippen molar-refractivity contribution in [1.29, 1.82) is 0 Å². The van der Waals surface area contributed by atoms with Crippen molar-refractivity contribution in [3.8, 4) is 0 Å². The third kappa shape index (κ3) is 4.85. The van der Waals surface area contributed by atoms with Crippen molar-refractivity contribution in [2.24, 2.45) is 10.4 Å². The van der Waals surface area contributed by atoms with Gasteiger partial charge in [-0.3, -0.25) is 4.79 Å². The van der Waals surface area contributed by atoms with Gasteiger partial charge in [-0.1, -0.05) is 0 Å². The third-order valence-electron chi connectivity index (χ3n) is 4.53. The number of halogens is 2. The van der Waals surface area contributed by atoms with Crippen LogP contribution < -0.4 is 10.6 Å². The number of carbonyl (C=O) groups is 1. The first kappa shape index (κ1) is 20.0. The lowest BCUT2D eigenvalue weighted by Gasteiger charge is -2.40. The SMILES string of the molecule is CCNC(=NCc1csc(Br)c1)N1CCCC2(CNC(=O)C2)C1.I. The molecule has 1 atom stereocenters. The van der Waals surface area contributed by atoms with Crippen LogP contribution in [0.25, 0.3) is 0 Å². The van der Waals surface area contributed by atoms with Crippen molar-refractivity contribution in [2.75, 3.05) is 26.2 Å². The Labute approximate surface area is 172 Å². The summed E-state index contributed by atoms with van der Waals surface area (Å²) in [4.78, 5) is 18.8. The lowest BCUT2D eigenvalue weighted by molar-refractivity contribution is -0.119. The average molecular weight is 527 g/mol. The van der Waals surface area contributed by atoms with Gasteiger partial charge in [-0.15, -0.1) is 35.3 Å². The van der Waals surface area contributed by atoms with E-state index >= 15 is 0 Å². The molecule has 1 amide bonds. The number of aliphatic imine (C=N–C) groups is 1. The quantitative estimate of drug-likeness (QED) is 0.361. The molecule has 0 aliphatic carbocycles. The fraction of sp³-hybridized carbons (Fsp3) is 0.625. The first-order valence-corrected chi connectivity index (χ1v) is 9.80. The van der Waals surface area contributed by atoms with Crippen molar-refractivity contribution in [1.82, 2.24) is 15.5 Å². The van der Waals surface area contributed by atoms with Crippen LogP contribution in [0.4, 0.5) is 0 Å². The number of thiophene rings is 1. The van der Waals surface area contributed by atoms with E-state index in [1.165, 1.54) is 5.56 Å². The summed E-state index contributed by atoms with van der Waals surface area (Å²) in [6, 6.07) is 2.12. The molecule has 8 heteroatoms. The van der Waals surface area contributed by atoms with E-state index < -0.39 is 0 Å². The highest BCUT2D eigenvalue weighted by Gasteiger charge is 2.42. The summed E-state index contributed by atoms with van der Waals surface area (Å²) in [5.41, 5.74) is 1.32. The lowest BCUT2D eigenvalue weighted by Crippen LogP contribution is -2.51. The Kier molecular flexibility index (Phi) is 7.36. The van der Waals surface area contributed by atoms with E-state index in [0.29, 0.717) is 13.0 Å². The summed E-state index contributed by atoms with van der Waals surface area (Å²) in [5.74, 6) is 1.16. The topological polar surface area (TPSA) is 56.7 Å². The molecule has 5 nitrogen and oxygen atoms in total. The fourth-order valence-electron chi connectivity index (χ4n) is 3.45. The molecule has 1 unspecified atom stereocenters. The molecule has 0 aromatic carbocycles. The van der Waals surface area contributed by atoms with Gasteiger partial charge < -0.3 is 15.5 Å². The van der Waals surface area contributed by atoms with E-state index in [0.717, 1.165) is 48.8 Å². The molecule has 0 bridgehead atoms. The maximum absolute atomic E-state index is 11.7. The van der Waals surface area contributed by atoms with Gasteiger partial charge in [0.2, 0.25) is 5.91 Å². The predicted octanol–water partition coefficient (Wildman–Crippen LogP) is 3.20. The van der Waals surface area contributed by atoms with Gasteiger partial charge in [-0.25, -0.2) is 4.99 Å². The first-order valence-electron chi connectivity index (χ1n) is 8.13. The van der Waals surface area contributed by atoms with Gasteiger partial charge in [-0.05, 0) is 52.7 Å². The maximum atomic E-state index is 11.7. The van der Waals surface area contributed by atoms with Crippen LogP contribution in [0.2, 0.25) is 0 Å². The standard InChI is InChI=1S/C16H23BrN4OS.HI/c1-2-18-15(19-8-12-6-13(17)23-9-12)21-5-3-4-16(11-21)7-14(22)20-10-16;/h6,9H,2-5,7-8,10-11H2,1H3,(H,18,19)(H,20,22);1H. The molecule has 0 radical (unpaired) electrons. The Balaban J connectivity index is 0.00000208. The monoisotopic (exact) mass is 526 g/mol. The maximum Gasteiger partial charge on any atom is 0.220 e. The Bertz CT molecular complexity index is 609.